The highest BCUT2D eigenvalue weighted by Crippen LogP contribution is 2.40. The van der Waals surface area contributed by atoms with Crippen LogP contribution in [0.5, 0.6) is 0 Å². The van der Waals surface area contributed by atoms with Crippen LogP contribution >= 0.6 is 0 Å². The minimum atomic E-state index is -0.587. The van der Waals surface area contributed by atoms with Gasteiger partial charge >= 0.3 is 0 Å². The molecular formula is C25H31N5O2. The number of anilines is 1. The van der Waals surface area contributed by atoms with E-state index in [4.69, 9.17) is 16.2 Å². The first kappa shape index (κ1) is 22.0. The van der Waals surface area contributed by atoms with Gasteiger partial charge in [-0.15, -0.1) is 0 Å². The topological polar surface area (TPSA) is 109 Å². The molecule has 0 atom stereocenters. The Kier molecular flexibility index (Phi) is 6.85. The van der Waals surface area contributed by atoms with E-state index >= 15 is 0 Å². The molecule has 0 unspecified atom stereocenters. The summed E-state index contributed by atoms with van der Waals surface area (Å²) in [7, 11) is 1.81. The quantitative estimate of drug-likeness (QED) is 0.606. The molecule has 32 heavy (non-hydrogen) atoms. The number of hydrogen-bond acceptors (Lipinski definition) is 5. The minimum absolute atomic E-state index is 0.139. The van der Waals surface area contributed by atoms with E-state index in [9.17, 15) is 4.79 Å². The van der Waals surface area contributed by atoms with Crippen molar-refractivity contribution in [3.05, 3.63) is 65.6 Å². The first-order valence-electron chi connectivity index (χ1n) is 11.2. The molecule has 0 spiro atoms. The monoisotopic (exact) mass is 433 g/mol. The normalized spacial score (nSPS) is 15.9. The van der Waals surface area contributed by atoms with E-state index in [0.29, 0.717) is 6.10 Å². The summed E-state index contributed by atoms with van der Waals surface area (Å²) >= 11 is 0. The number of aryl methyl sites for hydroxylation is 1. The van der Waals surface area contributed by atoms with Gasteiger partial charge < -0.3 is 16.2 Å². The van der Waals surface area contributed by atoms with E-state index in [1.165, 1.54) is 49.7 Å². The average Bonchev–Trinajstić information content (AvgIpc) is 3.34. The Morgan fingerprint density at radius 2 is 1.91 bits per heavy atom. The summed E-state index contributed by atoms with van der Waals surface area (Å²) in [6, 6.07) is 10.6. The molecular weight excluding hydrogens is 402 g/mol. The number of rotatable bonds is 6. The van der Waals surface area contributed by atoms with Gasteiger partial charge in [0.2, 0.25) is 0 Å². The summed E-state index contributed by atoms with van der Waals surface area (Å²) in [5.74, 6) is 0.405. The van der Waals surface area contributed by atoms with Crippen LogP contribution in [0.15, 0.2) is 48.9 Å². The number of primary amides is 1. The number of nitrogens with zero attached hydrogens (tertiary/aromatic N) is 3. The Balaban J connectivity index is 0.000000153. The van der Waals surface area contributed by atoms with E-state index in [-0.39, 0.29) is 11.4 Å². The number of pyridine rings is 1. The molecule has 2 fully saturated rings. The zero-order chi connectivity index (χ0) is 22.5. The number of amides is 1. The molecule has 0 bridgehead atoms. The summed E-state index contributed by atoms with van der Waals surface area (Å²) < 4.78 is 7.61. The molecule has 2 aliphatic carbocycles. The van der Waals surface area contributed by atoms with Gasteiger partial charge in [-0.25, -0.2) is 4.98 Å². The molecule has 4 N–H and O–H groups in total. The lowest BCUT2D eigenvalue weighted by Crippen LogP contribution is -2.14. The van der Waals surface area contributed by atoms with Gasteiger partial charge in [0.05, 0.1) is 24.5 Å². The molecule has 168 valence electrons. The number of nitrogen functional groups attached to an aromatic ring is 1. The van der Waals surface area contributed by atoms with Crippen molar-refractivity contribution >= 4 is 11.7 Å². The molecule has 0 radical (unpaired) electrons. The van der Waals surface area contributed by atoms with Crippen LogP contribution in [0.1, 0.15) is 65.9 Å². The van der Waals surface area contributed by atoms with Gasteiger partial charge in [-0.05, 0) is 48.8 Å². The molecule has 2 aromatic heterocycles. The first-order valence-corrected chi connectivity index (χ1v) is 11.2. The third kappa shape index (κ3) is 5.73. The summed E-state index contributed by atoms with van der Waals surface area (Å²) in [5.41, 5.74) is 15.4. The molecule has 3 aromatic rings. The van der Waals surface area contributed by atoms with Gasteiger partial charge in [0.15, 0.2) is 0 Å². The van der Waals surface area contributed by atoms with Crippen molar-refractivity contribution in [3.63, 3.8) is 0 Å². The second-order valence-corrected chi connectivity index (χ2v) is 8.66. The molecule has 5 rings (SSSR count). The Hall–Kier alpha value is -3.19. The summed E-state index contributed by atoms with van der Waals surface area (Å²) in [6.45, 7) is 0.811. The number of carbonyl (C=O) groups is 1. The Morgan fingerprint density at radius 3 is 2.56 bits per heavy atom. The summed E-state index contributed by atoms with van der Waals surface area (Å²) in [4.78, 5) is 15.0. The second kappa shape index (κ2) is 9.96. The third-order valence-electron chi connectivity index (χ3n) is 6.01. The highest BCUT2D eigenvalue weighted by molar-refractivity contribution is 5.98. The van der Waals surface area contributed by atoms with E-state index < -0.39 is 5.91 Å². The first-order chi connectivity index (χ1) is 15.5. The maximum Gasteiger partial charge on any atom is 0.252 e. The molecule has 1 amide bonds. The molecule has 0 aliphatic heterocycles. The van der Waals surface area contributed by atoms with Crippen LogP contribution in [0.2, 0.25) is 0 Å². The van der Waals surface area contributed by atoms with Gasteiger partial charge in [0.25, 0.3) is 5.91 Å². The summed E-state index contributed by atoms with van der Waals surface area (Å²) in [6.07, 6.45) is 13.6. The Labute approximate surface area is 188 Å². The van der Waals surface area contributed by atoms with Crippen molar-refractivity contribution in [1.29, 1.82) is 0 Å². The number of ether oxygens (including phenoxy) is 1. The fraction of sp³-hybridized carbons (Fsp3) is 0.400. The minimum Gasteiger partial charge on any atom is -0.383 e. The van der Waals surface area contributed by atoms with Crippen LogP contribution in [0.3, 0.4) is 0 Å². The predicted molar refractivity (Wildman–Crippen MR) is 125 cm³/mol. The average molecular weight is 434 g/mol. The van der Waals surface area contributed by atoms with Gasteiger partial charge in [0.1, 0.15) is 5.82 Å². The van der Waals surface area contributed by atoms with E-state index in [1.807, 2.05) is 13.2 Å². The van der Waals surface area contributed by atoms with Crippen molar-refractivity contribution < 1.29 is 9.53 Å². The van der Waals surface area contributed by atoms with Gasteiger partial charge in [-0.3, -0.25) is 9.48 Å². The molecule has 2 saturated carbocycles. The number of aromatic nitrogens is 3. The van der Waals surface area contributed by atoms with E-state index in [2.05, 4.69) is 34.3 Å². The standard InChI is InChI=1S/C15H20O.C10H11N5O/c1-2-7-15(6-1)16-11-12-4-3-5-14(10-12)13-8-9-13;1-15-5-7(4-14-15)6-2-8(10(12)16)9(11)13-3-6/h3-5,10,13,15H,1-2,6-9,11H2;2-5H,1H3,(H2,11,13)(H2,12,16). The van der Waals surface area contributed by atoms with Crippen molar-refractivity contribution in [2.75, 3.05) is 5.73 Å². The van der Waals surface area contributed by atoms with Crippen LogP contribution in [0.25, 0.3) is 11.1 Å². The van der Waals surface area contributed by atoms with Crippen molar-refractivity contribution in [2.45, 2.75) is 57.2 Å². The van der Waals surface area contributed by atoms with Crippen LogP contribution in [0.4, 0.5) is 5.82 Å². The lowest BCUT2D eigenvalue weighted by Gasteiger charge is -2.11. The molecule has 7 heteroatoms. The molecule has 2 aliphatic rings. The molecule has 7 nitrogen and oxygen atoms in total. The lowest BCUT2D eigenvalue weighted by molar-refractivity contribution is 0.0456. The van der Waals surface area contributed by atoms with Crippen molar-refractivity contribution in [3.8, 4) is 11.1 Å². The molecule has 2 heterocycles. The van der Waals surface area contributed by atoms with Crippen molar-refractivity contribution in [1.82, 2.24) is 14.8 Å². The van der Waals surface area contributed by atoms with Gasteiger partial charge in [-0.1, -0.05) is 37.1 Å². The van der Waals surface area contributed by atoms with E-state index in [1.54, 1.807) is 23.1 Å². The number of benzene rings is 1. The maximum atomic E-state index is 11.1. The molecule has 1 aromatic carbocycles. The molecule has 0 saturated heterocycles. The number of carbonyl (C=O) groups excluding carboxylic acids is 1. The SMILES string of the molecule is Cn1cc(-c2cnc(N)c(C(N)=O)c2)cn1.c1cc(COC2CCCC2)cc(C2CC2)c1. The third-order valence-corrected chi connectivity index (χ3v) is 6.01. The lowest BCUT2D eigenvalue weighted by atomic mass is 10.1. The second-order valence-electron chi connectivity index (χ2n) is 8.66. The maximum absolute atomic E-state index is 11.1. The smallest absolute Gasteiger partial charge is 0.252 e. The number of nitrogens with two attached hydrogens (primary N) is 2. The zero-order valence-corrected chi connectivity index (χ0v) is 18.5. The fourth-order valence-corrected chi connectivity index (χ4v) is 4.02. The summed E-state index contributed by atoms with van der Waals surface area (Å²) in [5, 5.41) is 4.03. The van der Waals surface area contributed by atoms with Crippen LogP contribution in [-0.2, 0) is 18.4 Å². The Bertz CT molecular complexity index is 1070. The fourth-order valence-electron chi connectivity index (χ4n) is 4.02. The highest BCUT2D eigenvalue weighted by Gasteiger charge is 2.23. The zero-order valence-electron chi connectivity index (χ0n) is 18.5. The van der Waals surface area contributed by atoms with Crippen LogP contribution < -0.4 is 11.5 Å². The predicted octanol–water partition coefficient (Wildman–Crippen LogP) is 4.19. The van der Waals surface area contributed by atoms with E-state index in [0.717, 1.165) is 23.7 Å². The van der Waals surface area contributed by atoms with Gasteiger partial charge in [-0.2, -0.15) is 5.10 Å². The van der Waals surface area contributed by atoms with Crippen LogP contribution in [0, 0.1) is 0 Å². The Morgan fingerprint density at radius 1 is 1.12 bits per heavy atom. The largest absolute Gasteiger partial charge is 0.383 e. The highest BCUT2D eigenvalue weighted by atomic mass is 16.5. The van der Waals surface area contributed by atoms with Crippen molar-refractivity contribution in [2.24, 2.45) is 12.8 Å². The van der Waals surface area contributed by atoms with Gasteiger partial charge in [0, 0.05) is 30.6 Å². The number of hydrogen-bond donors (Lipinski definition) is 2. The van der Waals surface area contributed by atoms with Crippen LogP contribution in [-0.4, -0.2) is 26.8 Å².